The molecule has 1 aromatic heterocycles. The first-order valence-electron chi connectivity index (χ1n) is 9.76. The molecule has 0 fully saturated rings. The van der Waals surface area contributed by atoms with E-state index < -0.39 is 88.2 Å². The number of hydrogen-bond acceptors (Lipinski definition) is 6. The van der Waals surface area contributed by atoms with Crippen molar-refractivity contribution in [3.8, 4) is 0 Å². The average molecular weight is 565 g/mol. The number of halogens is 7. The molecule has 0 atom stereocenters. The van der Waals surface area contributed by atoms with Crippen molar-refractivity contribution in [3.05, 3.63) is 53.0 Å². The molecule has 0 aliphatic carbocycles. The maximum atomic E-state index is 13.7. The standard InChI is InChI=1S/C20H19F7N2O5S2/c1-18(2,36(33,34)14-9-12(19(22,23)24)8-13(21)10-14)4-5-28-17(30)11-6-15(20(25,26)27)29-16(7-11)35(3,31)32/h6-10H,4-5H2,1-3H3,(H,28,30). The van der Waals surface area contributed by atoms with Crippen LogP contribution in [0.2, 0.25) is 0 Å². The Kier molecular flexibility index (Phi) is 7.87. The van der Waals surface area contributed by atoms with Gasteiger partial charge in [-0.2, -0.15) is 26.3 Å². The normalized spacial score (nSPS) is 13.5. The van der Waals surface area contributed by atoms with Crippen molar-refractivity contribution in [2.75, 3.05) is 12.8 Å². The third kappa shape index (κ3) is 6.72. The second-order valence-electron chi connectivity index (χ2n) is 8.29. The van der Waals surface area contributed by atoms with Crippen molar-refractivity contribution in [1.29, 1.82) is 0 Å². The molecule has 0 aliphatic rings. The number of nitrogens with one attached hydrogen (secondary N) is 1. The zero-order chi connectivity index (χ0) is 27.9. The predicted octanol–water partition coefficient (Wildman–Crippen LogP) is 4.03. The van der Waals surface area contributed by atoms with Gasteiger partial charge in [-0.3, -0.25) is 4.79 Å². The number of rotatable bonds is 7. The van der Waals surface area contributed by atoms with Gasteiger partial charge in [0.25, 0.3) is 5.91 Å². The van der Waals surface area contributed by atoms with Gasteiger partial charge in [-0.1, -0.05) is 0 Å². The van der Waals surface area contributed by atoms with Crippen LogP contribution in [0.3, 0.4) is 0 Å². The highest BCUT2D eigenvalue weighted by Gasteiger charge is 2.39. The molecular formula is C20H19F7N2O5S2. The summed E-state index contributed by atoms with van der Waals surface area (Å²) >= 11 is 0. The summed E-state index contributed by atoms with van der Waals surface area (Å²) in [4.78, 5) is 14.4. The van der Waals surface area contributed by atoms with Crippen LogP contribution in [0, 0.1) is 5.82 Å². The fourth-order valence-electron chi connectivity index (χ4n) is 2.89. The summed E-state index contributed by atoms with van der Waals surface area (Å²) in [5.41, 5.74) is -3.89. The maximum absolute atomic E-state index is 13.7. The lowest BCUT2D eigenvalue weighted by Gasteiger charge is -2.25. The van der Waals surface area contributed by atoms with E-state index in [9.17, 15) is 52.4 Å². The average Bonchev–Trinajstić information content (AvgIpc) is 2.70. The molecule has 1 amide bonds. The second-order valence-corrected chi connectivity index (χ2v) is 12.8. The van der Waals surface area contributed by atoms with Crippen LogP contribution in [-0.2, 0) is 32.0 Å². The third-order valence-electron chi connectivity index (χ3n) is 4.98. The molecule has 0 saturated heterocycles. The molecule has 7 nitrogen and oxygen atoms in total. The van der Waals surface area contributed by atoms with E-state index in [2.05, 4.69) is 10.3 Å². The topological polar surface area (TPSA) is 110 Å². The van der Waals surface area contributed by atoms with Crippen LogP contribution in [0.5, 0.6) is 0 Å². The highest BCUT2D eigenvalue weighted by molar-refractivity contribution is 7.92. The summed E-state index contributed by atoms with van der Waals surface area (Å²) in [6.07, 6.45) is -9.96. The minimum Gasteiger partial charge on any atom is -0.352 e. The van der Waals surface area contributed by atoms with E-state index in [-0.39, 0.29) is 12.1 Å². The number of carbonyl (C=O) groups excluding carboxylic acids is 1. The molecule has 1 heterocycles. The molecule has 0 radical (unpaired) electrons. The highest BCUT2D eigenvalue weighted by atomic mass is 32.2. The van der Waals surface area contributed by atoms with E-state index in [1.165, 1.54) is 0 Å². The molecule has 0 saturated carbocycles. The number of hydrogen-bond donors (Lipinski definition) is 1. The number of pyridine rings is 1. The van der Waals surface area contributed by atoms with Crippen molar-refractivity contribution in [2.45, 2.75) is 47.3 Å². The van der Waals surface area contributed by atoms with Gasteiger partial charge in [0.15, 0.2) is 24.7 Å². The minimum absolute atomic E-state index is 0.126. The number of sulfone groups is 2. The van der Waals surface area contributed by atoms with Crippen molar-refractivity contribution >= 4 is 25.6 Å². The molecule has 2 aromatic rings. The van der Waals surface area contributed by atoms with E-state index in [4.69, 9.17) is 0 Å². The van der Waals surface area contributed by atoms with Gasteiger partial charge < -0.3 is 5.32 Å². The fourth-order valence-corrected chi connectivity index (χ4v) is 5.05. The van der Waals surface area contributed by atoms with Crippen LogP contribution in [0.4, 0.5) is 30.7 Å². The van der Waals surface area contributed by atoms with Crippen molar-refractivity contribution in [1.82, 2.24) is 10.3 Å². The summed E-state index contributed by atoms with van der Waals surface area (Å²) in [6, 6.07) is 1.71. The molecule has 2 rings (SSSR count). The van der Waals surface area contributed by atoms with Gasteiger partial charge in [0.05, 0.1) is 15.2 Å². The molecular weight excluding hydrogens is 545 g/mol. The molecule has 0 spiro atoms. The Balaban J connectivity index is 2.28. The SMILES string of the molecule is CC(C)(CCNC(=O)c1cc(C(F)(F)F)nc(S(C)(=O)=O)c1)S(=O)(=O)c1cc(F)cc(C(F)(F)F)c1. The molecule has 0 aliphatic heterocycles. The number of alkyl halides is 6. The van der Waals surface area contributed by atoms with Crippen molar-refractivity contribution in [3.63, 3.8) is 0 Å². The Morgan fingerprint density at radius 2 is 1.50 bits per heavy atom. The lowest BCUT2D eigenvalue weighted by molar-refractivity contribution is -0.141. The minimum atomic E-state index is -5.08. The fraction of sp³-hybridized carbons (Fsp3) is 0.400. The Bertz CT molecular complexity index is 1380. The molecule has 36 heavy (non-hydrogen) atoms. The third-order valence-corrected chi connectivity index (χ3v) is 8.47. The van der Waals surface area contributed by atoms with Gasteiger partial charge in [-0.25, -0.2) is 26.2 Å². The highest BCUT2D eigenvalue weighted by Crippen LogP contribution is 2.35. The van der Waals surface area contributed by atoms with E-state index in [0.29, 0.717) is 24.5 Å². The summed E-state index contributed by atoms with van der Waals surface area (Å²) in [7, 11) is -8.82. The van der Waals surface area contributed by atoms with Crippen LogP contribution in [0.25, 0.3) is 0 Å². The summed E-state index contributed by atoms with van der Waals surface area (Å²) in [5.74, 6) is -2.63. The van der Waals surface area contributed by atoms with Crippen molar-refractivity contribution in [2.24, 2.45) is 0 Å². The first kappa shape index (κ1) is 29.5. The smallest absolute Gasteiger partial charge is 0.352 e. The second kappa shape index (κ2) is 9.61. The molecule has 16 heteroatoms. The number of benzene rings is 1. The van der Waals surface area contributed by atoms with E-state index in [1.54, 1.807) is 0 Å². The number of carbonyl (C=O) groups is 1. The zero-order valence-electron chi connectivity index (χ0n) is 18.8. The van der Waals surface area contributed by atoms with Gasteiger partial charge in [0, 0.05) is 18.4 Å². The molecule has 1 aromatic carbocycles. The van der Waals surface area contributed by atoms with Gasteiger partial charge in [0.2, 0.25) is 0 Å². The van der Waals surface area contributed by atoms with Crippen LogP contribution in [0.15, 0.2) is 40.3 Å². The summed E-state index contributed by atoms with van der Waals surface area (Å²) in [6.45, 7) is 1.70. The predicted molar refractivity (Wildman–Crippen MR) is 112 cm³/mol. The first-order valence-corrected chi connectivity index (χ1v) is 13.1. The van der Waals surface area contributed by atoms with Crippen LogP contribution >= 0.6 is 0 Å². The van der Waals surface area contributed by atoms with E-state index >= 15 is 0 Å². The summed E-state index contributed by atoms with van der Waals surface area (Å²) in [5, 5.41) is 1.12. The summed E-state index contributed by atoms with van der Waals surface area (Å²) < 4.78 is 139. The van der Waals surface area contributed by atoms with Crippen LogP contribution < -0.4 is 5.32 Å². The number of amides is 1. The molecule has 0 unspecified atom stereocenters. The number of nitrogens with zero attached hydrogens (tertiary/aromatic N) is 1. The Morgan fingerprint density at radius 3 is 2.00 bits per heavy atom. The quantitative estimate of drug-likeness (QED) is 0.509. The van der Waals surface area contributed by atoms with Gasteiger partial charge >= 0.3 is 12.4 Å². The van der Waals surface area contributed by atoms with Gasteiger partial charge in [-0.05, 0) is 50.6 Å². The monoisotopic (exact) mass is 564 g/mol. The first-order chi connectivity index (χ1) is 16.1. The van der Waals surface area contributed by atoms with Crippen LogP contribution in [-0.4, -0.2) is 45.3 Å². The van der Waals surface area contributed by atoms with Crippen LogP contribution in [0.1, 0.15) is 41.9 Å². The largest absolute Gasteiger partial charge is 0.433 e. The lowest BCUT2D eigenvalue weighted by Crippen LogP contribution is -2.37. The maximum Gasteiger partial charge on any atom is 0.433 e. The lowest BCUT2D eigenvalue weighted by atomic mass is 10.1. The van der Waals surface area contributed by atoms with E-state index in [0.717, 1.165) is 13.8 Å². The molecule has 1 N–H and O–H groups in total. The van der Waals surface area contributed by atoms with Gasteiger partial charge in [-0.15, -0.1) is 0 Å². The zero-order valence-corrected chi connectivity index (χ0v) is 20.4. The molecule has 200 valence electrons. The Labute approximate surface area is 201 Å². The van der Waals surface area contributed by atoms with Gasteiger partial charge in [0.1, 0.15) is 11.5 Å². The van der Waals surface area contributed by atoms with Crippen molar-refractivity contribution < 1.29 is 52.4 Å². The van der Waals surface area contributed by atoms with E-state index in [1.807, 2.05) is 0 Å². The number of aromatic nitrogens is 1. The Hall–Kier alpha value is -2.75. The Morgan fingerprint density at radius 1 is 0.917 bits per heavy atom. The molecule has 0 bridgehead atoms.